The Balaban J connectivity index is 2.04. The predicted molar refractivity (Wildman–Crippen MR) is 81.3 cm³/mol. The van der Waals surface area contributed by atoms with Gasteiger partial charge >= 0.3 is 0 Å². The van der Waals surface area contributed by atoms with Crippen LogP contribution in [-0.2, 0) is 0 Å². The summed E-state index contributed by atoms with van der Waals surface area (Å²) in [6.45, 7) is 1.88. The van der Waals surface area contributed by atoms with E-state index < -0.39 is 0 Å². The van der Waals surface area contributed by atoms with E-state index in [1.165, 1.54) is 0 Å². The maximum Gasteiger partial charge on any atom is 0.259 e. The monoisotopic (exact) mass is 281 g/mol. The lowest BCUT2D eigenvalue weighted by Crippen LogP contribution is -2.26. The number of rotatable bonds is 2. The zero-order chi connectivity index (χ0) is 15.0. The highest BCUT2D eigenvalue weighted by atomic mass is 16.2. The summed E-state index contributed by atoms with van der Waals surface area (Å²) in [5, 5.41) is 4.08. The van der Waals surface area contributed by atoms with Crippen molar-refractivity contribution in [3.63, 3.8) is 0 Å². The van der Waals surface area contributed by atoms with Gasteiger partial charge in [0.15, 0.2) is 0 Å². The molecule has 0 spiro atoms. The third-order valence-electron chi connectivity index (χ3n) is 3.49. The molecule has 0 bridgehead atoms. The van der Waals surface area contributed by atoms with Crippen LogP contribution in [0.3, 0.4) is 0 Å². The minimum atomic E-state index is -0.0947. The molecule has 0 saturated heterocycles. The largest absolute Gasteiger partial charge is 0.367 e. The Hall–Kier alpha value is -2.89. The highest BCUT2D eigenvalue weighted by Crippen LogP contribution is 2.21. The lowest BCUT2D eigenvalue weighted by molar-refractivity contribution is 0.0992. The average Bonchev–Trinajstić information content (AvgIpc) is 2.83. The number of para-hydroxylation sites is 1. The first-order valence-corrected chi connectivity index (χ1v) is 6.51. The highest BCUT2D eigenvalue weighted by Gasteiger charge is 2.19. The number of benzene rings is 1. The second-order valence-corrected chi connectivity index (χ2v) is 4.81. The second kappa shape index (κ2) is 4.90. The van der Waals surface area contributed by atoms with E-state index in [1.807, 2.05) is 37.3 Å². The Kier molecular flexibility index (Phi) is 3.06. The van der Waals surface area contributed by atoms with Crippen LogP contribution in [0.5, 0.6) is 0 Å². The van der Waals surface area contributed by atoms with Gasteiger partial charge in [-0.3, -0.25) is 4.79 Å². The molecule has 0 aliphatic rings. The second-order valence-electron chi connectivity index (χ2n) is 4.81. The van der Waals surface area contributed by atoms with Gasteiger partial charge in [0.1, 0.15) is 0 Å². The Morgan fingerprint density at radius 1 is 1.29 bits per heavy atom. The topological polar surface area (TPSA) is 76.5 Å². The molecule has 0 unspecified atom stereocenters. The molecule has 2 N–H and O–H groups in total. The van der Waals surface area contributed by atoms with E-state index in [4.69, 9.17) is 5.73 Å². The number of amides is 1. The first-order valence-electron chi connectivity index (χ1n) is 6.51. The smallest absolute Gasteiger partial charge is 0.259 e. The molecular formula is C15H15N5O. The molecule has 3 rings (SSSR count). The van der Waals surface area contributed by atoms with E-state index >= 15 is 0 Å². The third-order valence-corrected chi connectivity index (χ3v) is 3.49. The summed E-state index contributed by atoms with van der Waals surface area (Å²) in [5.74, 6) is 0.0793. The molecule has 0 aliphatic heterocycles. The third kappa shape index (κ3) is 2.20. The number of hydrogen-bond acceptors (Lipinski definition) is 4. The van der Waals surface area contributed by atoms with Crippen LogP contribution < -0.4 is 10.6 Å². The molecule has 0 fully saturated rings. The Morgan fingerprint density at radius 3 is 2.71 bits per heavy atom. The summed E-state index contributed by atoms with van der Waals surface area (Å²) >= 11 is 0. The number of nitrogens with zero attached hydrogens (tertiary/aromatic N) is 4. The molecule has 6 nitrogen and oxygen atoms in total. The van der Waals surface area contributed by atoms with Crippen molar-refractivity contribution in [1.29, 1.82) is 0 Å². The number of carbonyl (C=O) groups is 1. The Morgan fingerprint density at radius 2 is 2.00 bits per heavy atom. The maximum atomic E-state index is 12.7. The lowest BCUT2D eigenvalue weighted by Gasteiger charge is -2.16. The molecule has 0 aliphatic carbocycles. The van der Waals surface area contributed by atoms with Crippen molar-refractivity contribution in [2.75, 3.05) is 17.7 Å². The average molecular weight is 281 g/mol. The minimum Gasteiger partial charge on any atom is -0.367 e. The Labute approximate surface area is 121 Å². The molecule has 1 amide bonds. The van der Waals surface area contributed by atoms with Crippen LogP contribution in [0.15, 0.2) is 42.7 Å². The Bertz CT molecular complexity index is 810. The summed E-state index contributed by atoms with van der Waals surface area (Å²) < 4.78 is 1.59. The van der Waals surface area contributed by atoms with Crippen LogP contribution in [0.25, 0.3) is 5.52 Å². The van der Waals surface area contributed by atoms with Crippen molar-refractivity contribution in [2.24, 2.45) is 0 Å². The number of carbonyl (C=O) groups excluding carboxylic acids is 1. The van der Waals surface area contributed by atoms with Gasteiger partial charge in [0.2, 0.25) is 5.95 Å². The summed E-state index contributed by atoms with van der Waals surface area (Å²) in [4.78, 5) is 18.2. The SMILES string of the molecule is Cc1c(C(=O)N(C)c2ccccc2)cn2nc(N)ncc12. The van der Waals surface area contributed by atoms with Crippen molar-refractivity contribution >= 4 is 23.1 Å². The summed E-state index contributed by atoms with van der Waals surface area (Å²) in [5.41, 5.74) is 8.60. The van der Waals surface area contributed by atoms with Gasteiger partial charge in [-0.05, 0) is 24.6 Å². The molecule has 0 radical (unpaired) electrons. The number of anilines is 2. The van der Waals surface area contributed by atoms with Crippen LogP contribution in [0.1, 0.15) is 15.9 Å². The fourth-order valence-electron chi connectivity index (χ4n) is 2.27. The lowest BCUT2D eigenvalue weighted by atomic mass is 10.1. The van der Waals surface area contributed by atoms with Gasteiger partial charge in [0.05, 0.1) is 17.3 Å². The van der Waals surface area contributed by atoms with E-state index in [2.05, 4.69) is 10.1 Å². The molecule has 2 aromatic heterocycles. The van der Waals surface area contributed by atoms with Crippen LogP contribution in [0.4, 0.5) is 11.6 Å². The molecule has 0 atom stereocenters. The van der Waals surface area contributed by atoms with E-state index in [1.54, 1.807) is 28.9 Å². The minimum absolute atomic E-state index is 0.0947. The first kappa shape index (κ1) is 13.1. The van der Waals surface area contributed by atoms with Crippen molar-refractivity contribution in [1.82, 2.24) is 14.6 Å². The van der Waals surface area contributed by atoms with Gasteiger partial charge in [-0.2, -0.15) is 0 Å². The van der Waals surface area contributed by atoms with Crippen molar-refractivity contribution in [2.45, 2.75) is 6.92 Å². The van der Waals surface area contributed by atoms with Gasteiger partial charge in [-0.25, -0.2) is 9.50 Å². The summed E-state index contributed by atoms with van der Waals surface area (Å²) in [7, 11) is 1.75. The first-order chi connectivity index (χ1) is 10.1. The van der Waals surface area contributed by atoms with Gasteiger partial charge in [0, 0.05) is 18.9 Å². The fourth-order valence-corrected chi connectivity index (χ4v) is 2.27. The van der Waals surface area contributed by atoms with Gasteiger partial charge in [-0.15, -0.1) is 5.10 Å². The molecule has 2 heterocycles. The summed E-state index contributed by atoms with van der Waals surface area (Å²) in [6, 6.07) is 9.49. The maximum absolute atomic E-state index is 12.7. The normalized spacial score (nSPS) is 10.8. The van der Waals surface area contributed by atoms with Crippen molar-refractivity contribution < 1.29 is 4.79 Å². The molecule has 106 valence electrons. The molecule has 3 aromatic rings. The fraction of sp³-hybridized carbons (Fsp3) is 0.133. The van der Waals surface area contributed by atoms with E-state index in [9.17, 15) is 4.79 Å². The van der Waals surface area contributed by atoms with Gasteiger partial charge in [0.25, 0.3) is 5.91 Å². The quantitative estimate of drug-likeness (QED) is 0.778. The van der Waals surface area contributed by atoms with Gasteiger partial charge < -0.3 is 10.6 Å². The number of aryl methyl sites for hydroxylation is 1. The summed E-state index contributed by atoms with van der Waals surface area (Å²) in [6.07, 6.45) is 3.31. The molecule has 1 aromatic carbocycles. The molecular weight excluding hydrogens is 266 g/mol. The molecule has 21 heavy (non-hydrogen) atoms. The van der Waals surface area contributed by atoms with Crippen molar-refractivity contribution in [3.8, 4) is 0 Å². The highest BCUT2D eigenvalue weighted by molar-refractivity contribution is 6.07. The van der Waals surface area contributed by atoms with Crippen LogP contribution in [0.2, 0.25) is 0 Å². The number of fused-ring (bicyclic) bond motifs is 1. The van der Waals surface area contributed by atoms with Crippen LogP contribution >= 0.6 is 0 Å². The standard InChI is InChI=1S/C15H15N5O/c1-10-12(9-20-13(10)8-17-15(16)18-20)14(21)19(2)11-6-4-3-5-7-11/h3-9H,1-2H3,(H2,16,18). The number of aromatic nitrogens is 3. The molecule has 0 saturated carbocycles. The zero-order valence-corrected chi connectivity index (χ0v) is 11.8. The van der Waals surface area contributed by atoms with E-state index in [0.717, 1.165) is 16.8 Å². The van der Waals surface area contributed by atoms with Crippen LogP contribution in [0, 0.1) is 6.92 Å². The zero-order valence-electron chi connectivity index (χ0n) is 11.8. The number of nitrogens with two attached hydrogens (primary N) is 1. The predicted octanol–water partition coefficient (Wildman–Crippen LogP) is 1.90. The van der Waals surface area contributed by atoms with E-state index in [0.29, 0.717) is 5.56 Å². The van der Waals surface area contributed by atoms with E-state index in [-0.39, 0.29) is 11.9 Å². The number of hydrogen-bond donors (Lipinski definition) is 1. The van der Waals surface area contributed by atoms with Crippen LogP contribution in [-0.4, -0.2) is 27.6 Å². The number of nitrogen functional groups attached to an aromatic ring is 1. The van der Waals surface area contributed by atoms with Crippen molar-refractivity contribution in [3.05, 3.63) is 53.9 Å². The molecule has 6 heteroatoms. The van der Waals surface area contributed by atoms with Gasteiger partial charge in [-0.1, -0.05) is 18.2 Å².